The zero-order chi connectivity index (χ0) is 48.0. The highest BCUT2D eigenvalue weighted by molar-refractivity contribution is 6.78. The van der Waals surface area contributed by atoms with Crippen molar-refractivity contribution in [1.29, 1.82) is 0 Å². The normalized spacial score (nSPS) is 28.4. The van der Waals surface area contributed by atoms with Crippen LogP contribution >= 0.6 is 11.6 Å². The van der Waals surface area contributed by atoms with E-state index in [4.69, 9.17) is 49.4 Å². The molecule has 2 fully saturated rings. The number of halogens is 1. The second-order valence-electron chi connectivity index (χ2n) is 21.6. The molecule has 7 atom stereocenters. The molecule has 9 rings (SSSR count). The first-order valence-corrected chi connectivity index (χ1v) is 27.8. The van der Waals surface area contributed by atoms with Gasteiger partial charge in [-0.05, 0) is 156 Å². The Kier molecular flexibility index (Phi) is 14.2. The molecule has 3 aromatic carbocycles. The fraction of sp³-hybridized carbons (Fsp3) is 0.571. The van der Waals surface area contributed by atoms with Crippen molar-refractivity contribution in [2.24, 2.45) is 23.7 Å². The van der Waals surface area contributed by atoms with E-state index in [1.54, 1.807) is 7.11 Å². The minimum absolute atomic E-state index is 0.0367. The zero-order valence-corrected chi connectivity index (χ0v) is 43.5. The van der Waals surface area contributed by atoms with Crippen molar-refractivity contribution >= 4 is 31.6 Å². The minimum atomic E-state index is -2.05. The van der Waals surface area contributed by atoms with E-state index in [1.807, 2.05) is 54.7 Å². The molecule has 366 valence electrons. The summed E-state index contributed by atoms with van der Waals surface area (Å²) in [6.45, 7) is 19.3. The van der Waals surface area contributed by atoms with E-state index in [1.165, 1.54) is 23.8 Å². The van der Waals surface area contributed by atoms with Gasteiger partial charge in [-0.25, -0.2) is 4.79 Å². The summed E-state index contributed by atoms with van der Waals surface area (Å²) < 4.78 is 44.4. The fourth-order valence-electron chi connectivity index (χ4n) is 13.5. The van der Waals surface area contributed by atoms with Gasteiger partial charge in [0.05, 0.1) is 65.0 Å². The van der Waals surface area contributed by atoms with Crippen LogP contribution in [0.5, 0.6) is 23.0 Å². The van der Waals surface area contributed by atoms with Gasteiger partial charge in [0.2, 0.25) is 8.32 Å². The zero-order valence-electron chi connectivity index (χ0n) is 41.7. The maximum Gasteiger partial charge on any atom is 0.331 e. The number of rotatable bonds is 15. The molecule has 1 saturated carbocycles. The Morgan fingerprint density at radius 1 is 0.926 bits per heavy atom. The number of pyridine rings is 1. The number of hydrogen-bond donors (Lipinski definition) is 1. The number of hydrogen-bond acceptors (Lipinski definition) is 10. The molecule has 1 N–H and O–H groups in total. The number of ether oxygens (including phenoxy) is 6. The van der Waals surface area contributed by atoms with Crippen molar-refractivity contribution < 1.29 is 37.6 Å². The molecule has 1 spiro atoms. The van der Waals surface area contributed by atoms with Gasteiger partial charge in [-0.2, -0.15) is 0 Å². The van der Waals surface area contributed by atoms with E-state index < -0.39 is 13.9 Å². The van der Waals surface area contributed by atoms with Gasteiger partial charge in [0, 0.05) is 22.5 Å². The summed E-state index contributed by atoms with van der Waals surface area (Å²) in [7, 11) is 1.11. The second-order valence-corrected chi connectivity index (χ2v) is 27.2. The molecule has 0 bridgehead atoms. The van der Waals surface area contributed by atoms with Crippen molar-refractivity contribution in [2.45, 2.75) is 140 Å². The van der Waals surface area contributed by atoms with Crippen LogP contribution < -0.4 is 24.3 Å². The number of nitrogens with one attached hydrogen (secondary N) is 1. The van der Waals surface area contributed by atoms with Gasteiger partial charge in [0.15, 0.2) is 11.5 Å². The first-order chi connectivity index (χ1) is 32.7. The maximum absolute atomic E-state index is 13.8. The Morgan fingerprint density at radius 2 is 1.65 bits per heavy atom. The summed E-state index contributed by atoms with van der Waals surface area (Å²) in [5, 5.41) is 4.23. The molecule has 1 aromatic heterocycles. The van der Waals surface area contributed by atoms with E-state index in [9.17, 15) is 4.79 Å². The third-order valence-electron chi connectivity index (χ3n) is 16.9. The number of methoxy groups -OCH3 is 2. The molecular formula is C56H73ClN2O8Si. The predicted molar refractivity (Wildman–Crippen MR) is 270 cm³/mol. The lowest BCUT2D eigenvalue weighted by Crippen LogP contribution is -2.53. The quantitative estimate of drug-likeness (QED) is 0.0914. The standard InChI is InChI=1S/C56H73ClN2O8Si/c1-34(2)68(35(3)4)38(7)46-24-37(6)51-48(17-22-58-52(51)53(46)67-68)64-29-36(5)23-42-25-41-26-49-50(66-33-40(32-65-49)31-63-30-39-13-15-45(61-8)16-14-39)28-47(41)55(42)18-20-56(21-19-55,54(60)62-9)59-44-12-10-11-43(57)27-44/h10-17,22,26-28,34-38,40,42,46,53,59H,18-21,23-25,29-33H2,1-9H3/t36-,37+,38?,40?,42+,46?,53-,55?,56?/m1/s1. The van der Waals surface area contributed by atoms with Crippen molar-refractivity contribution in [3.8, 4) is 23.0 Å². The van der Waals surface area contributed by atoms with Gasteiger partial charge < -0.3 is 38.2 Å². The molecule has 0 radical (unpaired) electrons. The number of anilines is 1. The average Bonchev–Trinajstić information content (AvgIpc) is 3.69. The molecular weight excluding hydrogens is 892 g/mol. The highest BCUT2D eigenvalue weighted by Gasteiger charge is 2.61. The van der Waals surface area contributed by atoms with Gasteiger partial charge in [0.1, 0.15) is 17.0 Å². The van der Waals surface area contributed by atoms with Gasteiger partial charge in [-0.15, -0.1) is 0 Å². The molecule has 10 nitrogen and oxygen atoms in total. The Balaban J connectivity index is 0.939. The SMILES string of the molecule is COC(=O)C1(Nc2cccc(Cl)c2)CCC2(CC1)c1cc3c(cc1C[C@@H]2C[C@@H](C)COc1ccnc2c1[C@@H](C)CC1C(C)[Si](C(C)C)(C(C)C)O[C@@H]21)OCC(COCc1ccc(OC)cc1)CO3. The summed E-state index contributed by atoms with van der Waals surface area (Å²) in [5.74, 6) is 4.57. The van der Waals surface area contributed by atoms with Crippen LogP contribution in [0.4, 0.5) is 5.69 Å². The highest BCUT2D eigenvalue weighted by Crippen LogP contribution is 2.63. The largest absolute Gasteiger partial charge is 0.497 e. The Morgan fingerprint density at radius 3 is 2.32 bits per heavy atom. The van der Waals surface area contributed by atoms with Crippen molar-refractivity contribution in [1.82, 2.24) is 4.98 Å². The number of esters is 1. The smallest absolute Gasteiger partial charge is 0.331 e. The number of aromatic nitrogens is 1. The molecule has 5 aliphatic rings. The monoisotopic (exact) mass is 964 g/mol. The van der Waals surface area contributed by atoms with E-state index in [0.29, 0.717) is 85.3 Å². The topological polar surface area (TPSA) is 107 Å². The fourth-order valence-corrected chi connectivity index (χ4v) is 19.6. The number of carbonyl (C=O) groups excluding carboxylic acids is 1. The van der Waals surface area contributed by atoms with Crippen LogP contribution in [0.25, 0.3) is 0 Å². The van der Waals surface area contributed by atoms with Crippen molar-refractivity contribution in [3.05, 3.63) is 106 Å². The molecule has 3 heterocycles. The lowest BCUT2D eigenvalue weighted by molar-refractivity contribution is -0.148. The van der Waals surface area contributed by atoms with E-state index in [-0.39, 0.29) is 29.3 Å². The van der Waals surface area contributed by atoms with Gasteiger partial charge in [0.25, 0.3) is 0 Å². The summed E-state index contributed by atoms with van der Waals surface area (Å²) in [4.78, 5) is 18.9. The van der Waals surface area contributed by atoms with Gasteiger partial charge in [-0.3, -0.25) is 4.98 Å². The van der Waals surface area contributed by atoms with Gasteiger partial charge >= 0.3 is 5.97 Å². The van der Waals surface area contributed by atoms with Crippen LogP contribution in [-0.4, -0.2) is 65.5 Å². The minimum Gasteiger partial charge on any atom is -0.497 e. The summed E-state index contributed by atoms with van der Waals surface area (Å²) in [5.41, 5.74) is 7.42. The number of nitrogens with zero attached hydrogens (tertiary/aromatic N) is 1. The first kappa shape index (κ1) is 48.7. The summed E-state index contributed by atoms with van der Waals surface area (Å²) >= 11 is 6.44. The van der Waals surface area contributed by atoms with Crippen molar-refractivity contribution in [2.75, 3.05) is 46.0 Å². The highest BCUT2D eigenvalue weighted by atomic mass is 35.5. The lowest BCUT2D eigenvalue weighted by atomic mass is 9.59. The van der Waals surface area contributed by atoms with E-state index in [0.717, 1.165) is 72.0 Å². The molecule has 68 heavy (non-hydrogen) atoms. The van der Waals surface area contributed by atoms with Crippen LogP contribution in [0.15, 0.2) is 72.9 Å². The third kappa shape index (κ3) is 9.03. The molecule has 3 unspecified atom stereocenters. The molecule has 2 aliphatic heterocycles. The van der Waals surface area contributed by atoms with Crippen LogP contribution in [0.3, 0.4) is 0 Å². The molecule has 0 amide bonds. The molecule has 4 aromatic rings. The third-order valence-corrected chi connectivity index (χ3v) is 23.3. The van der Waals surface area contributed by atoms with Gasteiger partial charge in [-0.1, -0.05) is 78.3 Å². The number of fused-ring (bicyclic) bond motifs is 6. The van der Waals surface area contributed by atoms with Crippen LogP contribution in [-0.2, 0) is 37.1 Å². The van der Waals surface area contributed by atoms with Crippen LogP contribution in [0.2, 0.25) is 21.6 Å². The maximum atomic E-state index is 13.8. The van der Waals surface area contributed by atoms with E-state index >= 15 is 0 Å². The summed E-state index contributed by atoms with van der Waals surface area (Å²) in [6, 6.07) is 22.1. The molecule has 3 aliphatic carbocycles. The Labute approximate surface area is 410 Å². The average molecular weight is 966 g/mol. The lowest BCUT2D eigenvalue weighted by Gasteiger charge is -2.47. The number of carbonyl (C=O) groups is 1. The van der Waals surface area contributed by atoms with Crippen LogP contribution in [0, 0.1) is 23.7 Å². The second kappa shape index (κ2) is 19.8. The summed E-state index contributed by atoms with van der Waals surface area (Å²) in [6.07, 6.45) is 7.77. The Hall–Kier alpha value is -4.29. The van der Waals surface area contributed by atoms with Crippen molar-refractivity contribution in [3.63, 3.8) is 0 Å². The predicted octanol–water partition coefficient (Wildman–Crippen LogP) is 12.8. The molecule has 12 heteroatoms. The van der Waals surface area contributed by atoms with E-state index in [2.05, 4.69) is 72.0 Å². The number of benzene rings is 3. The molecule has 1 saturated heterocycles. The Bertz CT molecular complexity index is 2410. The van der Waals surface area contributed by atoms with Crippen LogP contribution in [0.1, 0.15) is 127 Å². The first-order valence-electron chi connectivity index (χ1n) is 25.3.